The molecule has 5 heteroatoms. The molecule has 18 heavy (non-hydrogen) atoms. The normalized spacial score (nSPS) is 10.2. The van der Waals surface area contributed by atoms with Crippen LogP contribution in [-0.2, 0) is 0 Å². The maximum absolute atomic E-state index is 12.1. The summed E-state index contributed by atoms with van der Waals surface area (Å²) >= 11 is 5.63. The van der Waals surface area contributed by atoms with Gasteiger partial charge >= 0.3 is 0 Å². The lowest BCUT2D eigenvalue weighted by Crippen LogP contribution is -2.16. The molecule has 0 bridgehead atoms. The Morgan fingerprint density at radius 3 is 2.33 bits per heavy atom. The van der Waals surface area contributed by atoms with E-state index >= 15 is 0 Å². The van der Waals surface area contributed by atoms with Crippen molar-refractivity contribution >= 4 is 23.3 Å². The smallest absolute Gasteiger partial charge is 0.257 e. The van der Waals surface area contributed by atoms with Gasteiger partial charge in [0.1, 0.15) is 0 Å². The number of rotatable bonds is 2. The van der Waals surface area contributed by atoms with E-state index in [2.05, 4.69) is 15.5 Å². The summed E-state index contributed by atoms with van der Waals surface area (Å²) < 4.78 is 0. The Hall–Kier alpha value is -1.94. The van der Waals surface area contributed by atoms with Gasteiger partial charge in [0.2, 0.25) is 0 Å². The number of nitrogens with zero attached hydrogens (tertiary/aromatic N) is 2. The van der Waals surface area contributed by atoms with Gasteiger partial charge in [-0.15, -0.1) is 10.2 Å². The average Bonchev–Trinajstić information content (AvgIpc) is 2.32. The lowest BCUT2D eigenvalue weighted by atomic mass is 10.0. The van der Waals surface area contributed by atoms with Crippen LogP contribution in [-0.4, -0.2) is 16.1 Å². The van der Waals surface area contributed by atoms with Crippen molar-refractivity contribution in [1.82, 2.24) is 10.2 Å². The van der Waals surface area contributed by atoms with Gasteiger partial charge in [-0.1, -0.05) is 29.8 Å². The van der Waals surface area contributed by atoms with Crippen molar-refractivity contribution in [3.05, 3.63) is 52.2 Å². The summed E-state index contributed by atoms with van der Waals surface area (Å²) in [7, 11) is 0. The molecule has 1 heterocycles. The van der Waals surface area contributed by atoms with Crippen LogP contribution in [0.5, 0.6) is 0 Å². The summed E-state index contributed by atoms with van der Waals surface area (Å²) in [4.78, 5) is 12.1. The minimum Gasteiger partial charge on any atom is -0.305 e. The Labute approximate surface area is 110 Å². The predicted octanol–water partition coefficient (Wildman–Crippen LogP) is 3.00. The van der Waals surface area contributed by atoms with Crippen LogP contribution in [0.15, 0.2) is 30.3 Å². The largest absolute Gasteiger partial charge is 0.305 e. The molecule has 92 valence electrons. The molecule has 0 saturated heterocycles. The van der Waals surface area contributed by atoms with Crippen molar-refractivity contribution in [3.8, 4) is 0 Å². The first-order valence-electron chi connectivity index (χ1n) is 5.45. The van der Waals surface area contributed by atoms with Crippen LogP contribution in [0.2, 0.25) is 5.15 Å². The van der Waals surface area contributed by atoms with E-state index in [4.69, 9.17) is 11.6 Å². The number of amides is 1. The first-order chi connectivity index (χ1) is 8.58. The molecule has 0 atom stereocenters. The fourth-order valence-electron chi connectivity index (χ4n) is 1.73. The lowest BCUT2D eigenvalue weighted by Gasteiger charge is -2.09. The first kappa shape index (κ1) is 12.5. The molecule has 0 radical (unpaired) electrons. The monoisotopic (exact) mass is 261 g/mol. The molecule has 0 aliphatic carbocycles. The summed E-state index contributed by atoms with van der Waals surface area (Å²) in [5.74, 6) is 0.189. The van der Waals surface area contributed by atoms with Gasteiger partial charge in [0.15, 0.2) is 11.0 Å². The zero-order chi connectivity index (χ0) is 13.1. The Morgan fingerprint density at radius 2 is 1.78 bits per heavy atom. The standard InChI is InChI=1S/C13H12ClN3O/c1-8-4-3-5-9(2)12(8)13(18)15-11-7-6-10(14)16-17-11/h3-7H,1-2H3,(H,15,17,18). The van der Waals surface area contributed by atoms with Gasteiger partial charge in [0, 0.05) is 5.56 Å². The molecule has 0 spiro atoms. The van der Waals surface area contributed by atoms with Crippen LogP contribution in [0.25, 0.3) is 0 Å². The highest BCUT2D eigenvalue weighted by Crippen LogP contribution is 2.15. The quantitative estimate of drug-likeness (QED) is 0.904. The van der Waals surface area contributed by atoms with Crippen LogP contribution in [0.4, 0.5) is 5.82 Å². The first-order valence-corrected chi connectivity index (χ1v) is 5.82. The molecule has 1 aromatic carbocycles. The SMILES string of the molecule is Cc1cccc(C)c1C(=O)Nc1ccc(Cl)nn1. The van der Waals surface area contributed by atoms with Crippen molar-refractivity contribution in [2.75, 3.05) is 5.32 Å². The third kappa shape index (κ3) is 2.65. The number of hydrogen-bond acceptors (Lipinski definition) is 3. The Balaban J connectivity index is 2.25. The summed E-state index contributed by atoms with van der Waals surface area (Å²) in [6.07, 6.45) is 0. The minimum absolute atomic E-state index is 0.192. The molecule has 2 aromatic rings. The van der Waals surface area contributed by atoms with Crippen molar-refractivity contribution in [3.63, 3.8) is 0 Å². The number of carbonyl (C=O) groups is 1. The average molecular weight is 262 g/mol. The highest BCUT2D eigenvalue weighted by Gasteiger charge is 2.12. The Bertz CT molecular complexity index is 561. The third-order valence-corrected chi connectivity index (χ3v) is 2.78. The Morgan fingerprint density at radius 1 is 1.11 bits per heavy atom. The fourth-order valence-corrected chi connectivity index (χ4v) is 1.83. The third-order valence-electron chi connectivity index (χ3n) is 2.58. The molecule has 2 rings (SSSR count). The molecule has 0 fully saturated rings. The van der Waals surface area contributed by atoms with E-state index in [9.17, 15) is 4.79 Å². The molecule has 1 aromatic heterocycles. The van der Waals surface area contributed by atoms with Crippen LogP contribution >= 0.6 is 11.6 Å². The van der Waals surface area contributed by atoms with E-state index in [0.717, 1.165) is 11.1 Å². The molecular weight excluding hydrogens is 250 g/mol. The molecular formula is C13H12ClN3O. The number of carbonyl (C=O) groups excluding carboxylic acids is 1. The molecule has 1 N–H and O–H groups in total. The van der Waals surface area contributed by atoms with Crippen LogP contribution in [0, 0.1) is 13.8 Å². The highest BCUT2D eigenvalue weighted by molar-refractivity contribution is 6.29. The number of halogens is 1. The maximum Gasteiger partial charge on any atom is 0.257 e. The van der Waals surface area contributed by atoms with Gasteiger partial charge in [-0.05, 0) is 37.1 Å². The molecule has 0 saturated carbocycles. The molecule has 4 nitrogen and oxygen atoms in total. The number of aromatic nitrogens is 2. The Kier molecular flexibility index (Phi) is 3.58. The predicted molar refractivity (Wildman–Crippen MR) is 70.9 cm³/mol. The molecule has 0 aliphatic rings. The topological polar surface area (TPSA) is 54.9 Å². The fraction of sp³-hybridized carbons (Fsp3) is 0.154. The van der Waals surface area contributed by atoms with Gasteiger partial charge in [0.25, 0.3) is 5.91 Å². The van der Waals surface area contributed by atoms with Crippen LogP contribution < -0.4 is 5.32 Å². The highest BCUT2D eigenvalue weighted by atomic mass is 35.5. The summed E-state index contributed by atoms with van der Waals surface area (Å²) in [5.41, 5.74) is 2.51. The van der Waals surface area contributed by atoms with E-state index in [0.29, 0.717) is 16.5 Å². The molecule has 0 unspecified atom stereocenters. The summed E-state index contributed by atoms with van der Waals surface area (Å²) in [6, 6.07) is 8.91. The molecule has 1 amide bonds. The number of anilines is 1. The lowest BCUT2D eigenvalue weighted by molar-refractivity contribution is 0.102. The number of hydrogen-bond donors (Lipinski definition) is 1. The number of aryl methyl sites for hydroxylation is 2. The van der Waals surface area contributed by atoms with Crippen molar-refractivity contribution in [1.29, 1.82) is 0 Å². The van der Waals surface area contributed by atoms with Crippen molar-refractivity contribution < 1.29 is 4.79 Å². The summed E-state index contributed by atoms with van der Waals surface area (Å²) in [5, 5.41) is 10.4. The van der Waals surface area contributed by atoms with Crippen LogP contribution in [0.3, 0.4) is 0 Å². The number of nitrogens with one attached hydrogen (secondary N) is 1. The second kappa shape index (κ2) is 5.14. The molecule has 0 aliphatic heterocycles. The van der Waals surface area contributed by atoms with Gasteiger partial charge in [0.05, 0.1) is 0 Å². The van der Waals surface area contributed by atoms with E-state index in [1.807, 2.05) is 32.0 Å². The van der Waals surface area contributed by atoms with E-state index < -0.39 is 0 Å². The van der Waals surface area contributed by atoms with Gasteiger partial charge in [-0.2, -0.15) is 0 Å². The minimum atomic E-state index is -0.192. The van der Waals surface area contributed by atoms with Gasteiger partial charge < -0.3 is 5.32 Å². The van der Waals surface area contributed by atoms with Crippen LogP contribution in [0.1, 0.15) is 21.5 Å². The number of benzene rings is 1. The van der Waals surface area contributed by atoms with Gasteiger partial charge in [-0.3, -0.25) is 4.79 Å². The van der Waals surface area contributed by atoms with E-state index in [-0.39, 0.29) is 5.91 Å². The second-order valence-electron chi connectivity index (χ2n) is 3.96. The second-order valence-corrected chi connectivity index (χ2v) is 4.35. The van der Waals surface area contributed by atoms with E-state index in [1.54, 1.807) is 12.1 Å². The van der Waals surface area contributed by atoms with Crippen molar-refractivity contribution in [2.24, 2.45) is 0 Å². The van der Waals surface area contributed by atoms with E-state index in [1.165, 1.54) is 0 Å². The maximum atomic E-state index is 12.1. The summed E-state index contributed by atoms with van der Waals surface area (Å²) in [6.45, 7) is 3.80. The zero-order valence-electron chi connectivity index (χ0n) is 10.1. The van der Waals surface area contributed by atoms with Gasteiger partial charge in [-0.25, -0.2) is 0 Å². The zero-order valence-corrected chi connectivity index (χ0v) is 10.8. The van der Waals surface area contributed by atoms with Crippen molar-refractivity contribution in [2.45, 2.75) is 13.8 Å².